The predicted molar refractivity (Wildman–Crippen MR) is 98.8 cm³/mol. The van der Waals surface area contributed by atoms with Gasteiger partial charge in [-0.15, -0.1) is 0 Å². The number of hydrogen-bond acceptors (Lipinski definition) is 4. The lowest BCUT2D eigenvalue weighted by Gasteiger charge is -2.09. The van der Waals surface area contributed by atoms with Gasteiger partial charge in [0, 0.05) is 16.9 Å². The molecule has 0 fully saturated rings. The van der Waals surface area contributed by atoms with Crippen molar-refractivity contribution in [2.45, 2.75) is 18.7 Å². The van der Waals surface area contributed by atoms with E-state index in [1.807, 2.05) is 38.1 Å². The molecule has 0 aliphatic heterocycles. The highest BCUT2D eigenvalue weighted by Gasteiger charge is 2.11. The molecular weight excluding hydrogens is 352 g/mol. The van der Waals surface area contributed by atoms with Crippen LogP contribution in [0.15, 0.2) is 59.5 Å². The van der Waals surface area contributed by atoms with E-state index in [0.717, 1.165) is 17.1 Å². The van der Waals surface area contributed by atoms with E-state index in [4.69, 9.17) is 5.14 Å². The number of carbonyl (C=O) groups is 1. The predicted octanol–water partition coefficient (Wildman–Crippen LogP) is 2.39. The van der Waals surface area contributed by atoms with Crippen molar-refractivity contribution in [3.8, 4) is 5.69 Å². The summed E-state index contributed by atoms with van der Waals surface area (Å²) in [6.07, 6.45) is 0. The van der Waals surface area contributed by atoms with E-state index in [9.17, 15) is 13.2 Å². The van der Waals surface area contributed by atoms with Crippen molar-refractivity contribution in [1.29, 1.82) is 0 Å². The first kappa shape index (κ1) is 17.8. The highest BCUT2D eigenvalue weighted by Crippen LogP contribution is 2.18. The highest BCUT2D eigenvalue weighted by atomic mass is 32.2. The Kier molecular flexibility index (Phi) is 4.62. The lowest BCUT2D eigenvalue weighted by molar-refractivity contribution is 0.102. The molecule has 0 spiro atoms. The molecule has 26 heavy (non-hydrogen) atoms. The van der Waals surface area contributed by atoms with Crippen molar-refractivity contribution in [1.82, 2.24) is 9.78 Å². The molecule has 3 N–H and O–H groups in total. The van der Waals surface area contributed by atoms with Gasteiger partial charge in [-0.25, -0.2) is 18.2 Å². The quantitative estimate of drug-likeness (QED) is 0.735. The van der Waals surface area contributed by atoms with Crippen LogP contribution in [-0.4, -0.2) is 24.1 Å². The molecular formula is C18H18N4O3S. The number of primary sulfonamides is 1. The van der Waals surface area contributed by atoms with Gasteiger partial charge in [0.05, 0.1) is 16.3 Å². The third-order valence-corrected chi connectivity index (χ3v) is 4.73. The third kappa shape index (κ3) is 3.81. The monoisotopic (exact) mass is 370 g/mol. The van der Waals surface area contributed by atoms with Crippen molar-refractivity contribution in [2.75, 3.05) is 5.32 Å². The number of hydrogen-bond donors (Lipinski definition) is 2. The van der Waals surface area contributed by atoms with Crippen LogP contribution in [-0.2, 0) is 10.0 Å². The summed E-state index contributed by atoms with van der Waals surface area (Å²) >= 11 is 0. The molecule has 7 nitrogen and oxygen atoms in total. The van der Waals surface area contributed by atoms with E-state index in [1.54, 1.807) is 10.7 Å². The van der Waals surface area contributed by atoms with Crippen LogP contribution < -0.4 is 10.5 Å². The van der Waals surface area contributed by atoms with Crippen LogP contribution in [0.4, 0.5) is 5.69 Å². The number of sulfonamides is 1. The zero-order chi connectivity index (χ0) is 18.9. The Morgan fingerprint density at radius 2 is 1.77 bits per heavy atom. The summed E-state index contributed by atoms with van der Waals surface area (Å²) in [5.41, 5.74) is 3.67. The SMILES string of the molecule is Cc1cc(C)n(-c2cccc(NC(=O)c3ccc(S(N)(=O)=O)cc3)c2)n1. The van der Waals surface area contributed by atoms with Crippen molar-refractivity contribution in [3.05, 3.63) is 71.5 Å². The number of carbonyl (C=O) groups excluding carboxylic acids is 1. The summed E-state index contributed by atoms with van der Waals surface area (Å²) in [6.45, 7) is 3.87. The van der Waals surface area contributed by atoms with Gasteiger partial charge in [0.25, 0.3) is 5.91 Å². The molecule has 3 aromatic rings. The van der Waals surface area contributed by atoms with Gasteiger partial charge in [-0.3, -0.25) is 4.79 Å². The van der Waals surface area contributed by atoms with E-state index in [2.05, 4.69) is 10.4 Å². The molecule has 1 aromatic heterocycles. The van der Waals surface area contributed by atoms with Crippen LogP contribution in [0.1, 0.15) is 21.7 Å². The lowest BCUT2D eigenvalue weighted by atomic mass is 10.2. The Morgan fingerprint density at radius 3 is 2.35 bits per heavy atom. The molecule has 0 bridgehead atoms. The first-order chi connectivity index (χ1) is 12.2. The zero-order valence-electron chi connectivity index (χ0n) is 14.3. The van der Waals surface area contributed by atoms with Crippen LogP contribution in [0.2, 0.25) is 0 Å². The van der Waals surface area contributed by atoms with Crippen molar-refractivity contribution >= 4 is 21.6 Å². The van der Waals surface area contributed by atoms with E-state index in [-0.39, 0.29) is 10.8 Å². The summed E-state index contributed by atoms with van der Waals surface area (Å²) in [6, 6.07) is 14.7. The van der Waals surface area contributed by atoms with Crippen LogP contribution in [0.3, 0.4) is 0 Å². The minimum absolute atomic E-state index is 0.0411. The van der Waals surface area contributed by atoms with E-state index >= 15 is 0 Å². The summed E-state index contributed by atoms with van der Waals surface area (Å²) in [5.74, 6) is -0.350. The zero-order valence-corrected chi connectivity index (χ0v) is 15.1. The van der Waals surface area contributed by atoms with Gasteiger partial charge in [0.15, 0.2) is 0 Å². The first-order valence-electron chi connectivity index (χ1n) is 7.82. The Bertz CT molecular complexity index is 1070. The summed E-state index contributed by atoms with van der Waals surface area (Å²) in [7, 11) is -3.78. The fourth-order valence-electron chi connectivity index (χ4n) is 2.60. The lowest BCUT2D eigenvalue weighted by Crippen LogP contribution is -2.14. The largest absolute Gasteiger partial charge is 0.322 e. The highest BCUT2D eigenvalue weighted by molar-refractivity contribution is 7.89. The second-order valence-corrected chi connectivity index (χ2v) is 7.47. The second kappa shape index (κ2) is 6.74. The smallest absolute Gasteiger partial charge is 0.255 e. The Labute approximate surface area is 151 Å². The molecule has 0 aliphatic carbocycles. The summed E-state index contributed by atoms with van der Waals surface area (Å²) in [5, 5.41) is 12.3. The molecule has 8 heteroatoms. The van der Waals surface area contributed by atoms with Crippen LogP contribution in [0.25, 0.3) is 5.69 Å². The van der Waals surface area contributed by atoms with Crippen molar-refractivity contribution < 1.29 is 13.2 Å². The Morgan fingerprint density at radius 1 is 1.08 bits per heavy atom. The van der Waals surface area contributed by atoms with Crippen LogP contribution in [0, 0.1) is 13.8 Å². The number of aryl methyl sites for hydroxylation is 2. The summed E-state index contributed by atoms with van der Waals surface area (Å²) in [4.78, 5) is 12.3. The maximum atomic E-state index is 12.4. The van der Waals surface area contributed by atoms with Gasteiger partial charge in [-0.2, -0.15) is 5.10 Å². The number of amides is 1. The molecule has 2 aromatic carbocycles. The second-order valence-electron chi connectivity index (χ2n) is 5.91. The Balaban J connectivity index is 1.82. The molecule has 0 atom stereocenters. The molecule has 0 unspecified atom stereocenters. The Hall–Kier alpha value is -2.97. The van der Waals surface area contributed by atoms with Gasteiger partial charge < -0.3 is 5.32 Å². The number of anilines is 1. The third-order valence-electron chi connectivity index (χ3n) is 3.80. The minimum Gasteiger partial charge on any atom is -0.322 e. The maximum absolute atomic E-state index is 12.4. The van der Waals surface area contributed by atoms with Gasteiger partial charge in [-0.1, -0.05) is 6.07 Å². The van der Waals surface area contributed by atoms with E-state index in [0.29, 0.717) is 11.3 Å². The molecule has 0 saturated heterocycles. The van der Waals surface area contributed by atoms with Crippen LogP contribution >= 0.6 is 0 Å². The minimum atomic E-state index is -3.78. The first-order valence-corrected chi connectivity index (χ1v) is 9.36. The normalized spacial score (nSPS) is 11.3. The fourth-order valence-corrected chi connectivity index (χ4v) is 3.12. The standard InChI is InChI=1S/C18H18N4O3S/c1-12-10-13(2)22(21-12)16-5-3-4-15(11-16)20-18(23)14-6-8-17(9-7-14)26(19,24)25/h3-11H,1-2H3,(H,20,23)(H2,19,24,25). The molecule has 0 aliphatic rings. The van der Waals surface area contributed by atoms with Gasteiger partial charge >= 0.3 is 0 Å². The maximum Gasteiger partial charge on any atom is 0.255 e. The molecule has 3 rings (SSSR count). The van der Waals surface area contributed by atoms with Gasteiger partial charge in [0.1, 0.15) is 0 Å². The van der Waals surface area contributed by atoms with E-state index < -0.39 is 10.0 Å². The molecule has 0 radical (unpaired) electrons. The summed E-state index contributed by atoms with van der Waals surface area (Å²) < 4.78 is 24.3. The van der Waals surface area contributed by atoms with Gasteiger partial charge in [-0.05, 0) is 62.4 Å². The number of benzene rings is 2. The number of aromatic nitrogens is 2. The van der Waals surface area contributed by atoms with Gasteiger partial charge in [0.2, 0.25) is 10.0 Å². The average Bonchev–Trinajstić information content (AvgIpc) is 2.93. The number of nitrogens with two attached hydrogens (primary N) is 1. The number of rotatable bonds is 4. The molecule has 1 heterocycles. The van der Waals surface area contributed by atoms with Crippen molar-refractivity contribution in [2.24, 2.45) is 5.14 Å². The molecule has 134 valence electrons. The van der Waals surface area contributed by atoms with Crippen molar-refractivity contribution in [3.63, 3.8) is 0 Å². The fraction of sp³-hybridized carbons (Fsp3) is 0.111. The number of nitrogens with one attached hydrogen (secondary N) is 1. The van der Waals surface area contributed by atoms with E-state index in [1.165, 1.54) is 24.3 Å². The molecule has 0 saturated carbocycles. The molecule has 1 amide bonds. The average molecular weight is 370 g/mol. The number of nitrogens with zero attached hydrogens (tertiary/aromatic N) is 2. The topological polar surface area (TPSA) is 107 Å². The van der Waals surface area contributed by atoms with Crippen LogP contribution in [0.5, 0.6) is 0 Å².